The third kappa shape index (κ3) is 4.45. The molecular formula is C25H24ClN5O2. The first kappa shape index (κ1) is 22.5. The molecule has 4 aromatic rings. The lowest BCUT2D eigenvalue weighted by molar-refractivity contribution is -0.116. The number of carbonyl (C=O) groups excluding carboxylic acids is 1. The predicted molar refractivity (Wildman–Crippen MR) is 131 cm³/mol. The first-order chi connectivity index (χ1) is 15.9. The number of hydrogen-bond acceptors (Lipinski definition) is 4. The lowest BCUT2D eigenvalue weighted by Gasteiger charge is -2.14. The molecule has 168 valence electrons. The molecule has 0 spiro atoms. The molecule has 0 saturated heterocycles. The standard InChI is InChI=1S/C25H24ClN5O2/c1-4-15-30-17(3)19(13-14-22(32)27-21-12-8-11-20(26)16(21)2)24(33)31-25(30)28-23(29-31)18-9-6-5-7-10-18/h4-12H,1,13-15H2,2-3H3,(H,27,32). The minimum absolute atomic E-state index is 0.141. The van der Waals surface area contributed by atoms with Gasteiger partial charge >= 0.3 is 0 Å². The molecule has 0 atom stereocenters. The van der Waals surface area contributed by atoms with Gasteiger partial charge in [0.25, 0.3) is 5.56 Å². The molecule has 0 unspecified atom stereocenters. The Bertz CT molecular complexity index is 1410. The van der Waals surface area contributed by atoms with Crippen molar-refractivity contribution in [3.05, 3.63) is 93.4 Å². The Kier molecular flexibility index (Phi) is 6.42. The molecule has 0 aliphatic carbocycles. The molecule has 8 heteroatoms. The highest BCUT2D eigenvalue weighted by molar-refractivity contribution is 6.31. The predicted octanol–water partition coefficient (Wildman–Crippen LogP) is 4.59. The first-order valence-electron chi connectivity index (χ1n) is 10.6. The molecule has 1 N–H and O–H groups in total. The normalized spacial score (nSPS) is 11.0. The van der Waals surface area contributed by atoms with Crippen LogP contribution < -0.4 is 10.9 Å². The highest BCUT2D eigenvalue weighted by Gasteiger charge is 2.19. The summed E-state index contributed by atoms with van der Waals surface area (Å²) in [5.41, 5.74) is 3.27. The number of allylic oxidation sites excluding steroid dienone is 1. The molecule has 0 aliphatic heterocycles. The summed E-state index contributed by atoms with van der Waals surface area (Å²) in [5.74, 6) is 0.716. The summed E-state index contributed by atoms with van der Waals surface area (Å²) in [6, 6.07) is 14.9. The maximum absolute atomic E-state index is 13.3. The van der Waals surface area contributed by atoms with Gasteiger partial charge < -0.3 is 9.88 Å². The van der Waals surface area contributed by atoms with E-state index in [2.05, 4.69) is 22.0 Å². The van der Waals surface area contributed by atoms with Crippen LogP contribution in [0.25, 0.3) is 17.2 Å². The van der Waals surface area contributed by atoms with E-state index in [4.69, 9.17) is 11.6 Å². The molecule has 7 nitrogen and oxygen atoms in total. The number of carbonyl (C=O) groups is 1. The van der Waals surface area contributed by atoms with Crippen molar-refractivity contribution < 1.29 is 4.79 Å². The van der Waals surface area contributed by atoms with E-state index in [1.165, 1.54) is 4.52 Å². The second kappa shape index (κ2) is 9.42. The number of anilines is 1. The Balaban J connectivity index is 1.67. The third-order valence-electron chi connectivity index (χ3n) is 5.61. The lowest BCUT2D eigenvalue weighted by Crippen LogP contribution is -2.27. The molecule has 0 fully saturated rings. The van der Waals surface area contributed by atoms with Crippen LogP contribution in [0.3, 0.4) is 0 Å². The van der Waals surface area contributed by atoms with Crippen LogP contribution in [0.5, 0.6) is 0 Å². The summed E-state index contributed by atoms with van der Waals surface area (Å²) in [6.07, 6.45) is 2.15. The molecule has 1 amide bonds. The van der Waals surface area contributed by atoms with Gasteiger partial charge in [0.2, 0.25) is 11.7 Å². The van der Waals surface area contributed by atoms with Crippen LogP contribution in [0, 0.1) is 13.8 Å². The molecule has 2 heterocycles. The zero-order valence-electron chi connectivity index (χ0n) is 18.5. The van der Waals surface area contributed by atoms with Crippen molar-refractivity contribution in [2.75, 3.05) is 5.32 Å². The quantitative estimate of drug-likeness (QED) is 0.408. The van der Waals surface area contributed by atoms with Crippen molar-refractivity contribution in [1.82, 2.24) is 19.2 Å². The van der Waals surface area contributed by atoms with Gasteiger partial charge in [0.05, 0.1) is 0 Å². The van der Waals surface area contributed by atoms with E-state index >= 15 is 0 Å². The summed E-state index contributed by atoms with van der Waals surface area (Å²) in [5, 5.41) is 7.93. The second-order valence-corrected chi connectivity index (χ2v) is 8.15. The maximum atomic E-state index is 13.3. The summed E-state index contributed by atoms with van der Waals surface area (Å²) < 4.78 is 3.20. The highest BCUT2D eigenvalue weighted by atomic mass is 35.5. The van der Waals surface area contributed by atoms with Crippen LogP contribution in [0.15, 0.2) is 66.0 Å². The molecular weight excluding hydrogens is 438 g/mol. The van der Waals surface area contributed by atoms with E-state index in [0.29, 0.717) is 34.4 Å². The van der Waals surface area contributed by atoms with Crippen molar-refractivity contribution in [3.63, 3.8) is 0 Å². The number of fused-ring (bicyclic) bond motifs is 1. The van der Waals surface area contributed by atoms with Crippen LogP contribution in [0.1, 0.15) is 23.2 Å². The van der Waals surface area contributed by atoms with Crippen LogP contribution in [-0.2, 0) is 17.8 Å². The van der Waals surface area contributed by atoms with E-state index in [1.807, 2.05) is 48.7 Å². The number of nitrogens with one attached hydrogen (secondary N) is 1. The Labute approximate surface area is 196 Å². The largest absolute Gasteiger partial charge is 0.326 e. The molecule has 0 radical (unpaired) electrons. The zero-order chi connectivity index (χ0) is 23.5. The number of nitrogens with zero attached hydrogens (tertiary/aromatic N) is 4. The average molecular weight is 462 g/mol. The molecule has 0 saturated carbocycles. The number of hydrogen-bond donors (Lipinski definition) is 1. The molecule has 2 aromatic heterocycles. The van der Waals surface area contributed by atoms with Crippen molar-refractivity contribution in [1.29, 1.82) is 0 Å². The van der Waals surface area contributed by atoms with Gasteiger partial charge in [-0.25, -0.2) is 0 Å². The fourth-order valence-electron chi connectivity index (χ4n) is 3.75. The van der Waals surface area contributed by atoms with Gasteiger partial charge in [-0.3, -0.25) is 9.59 Å². The summed E-state index contributed by atoms with van der Waals surface area (Å²) in [7, 11) is 0. The van der Waals surface area contributed by atoms with Crippen molar-refractivity contribution >= 4 is 29.0 Å². The second-order valence-electron chi connectivity index (χ2n) is 7.74. The maximum Gasteiger partial charge on any atom is 0.279 e. The van der Waals surface area contributed by atoms with Crippen LogP contribution >= 0.6 is 11.6 Å². The van der Waals surface area contributed by atoms with Gasteiger partial charge in [-0.1, -0.05) is 54.1 Å². The molecule has 2 aromatic carbocycles. The van der Waals surface area contributed by atoms with Crippen molar-refractivity contribution in [3.8, 4) is 11.4 Å². The van der Waals surface area contributed by atoms with Crippen LogP contribution in [0.4, 0.5) is 5.69 Å². The number of halogens is 1. The minimum Gasteiger partial charge on any atom is -0.326 e. The first-order valence-corrected chi connectivity index (χ1v) is 11.0. The third-order valence-corrected chi connectivity index (χ3v) is 6.02. The molecule has 0 bridgehead atoms. The molecule has 4 rings (SSSR count). The highest BCUT2D eigenvalue weighted by Crippen LogP contribution is 2.23. The number of amides is 1. The Morgan fingerprint density at radius 3 is 2.64 bits per heavy atom. The SMILES string of the molecule is C=CCn1c(C)c(CCC(=O)Nc2cccc(Cl)c2C)c(=O)n2nc(-c3ccccc3)nc12. The van der Waals surface area contributed by atoms with E-state index in [1.54, 1.807) is 24.3 Å². The van der Waals surface area contributed by atoms with Crippen LogP contribution in [0.2, 0.25) is 5.02 Å². The fraction of sp³-hybridized carbons (Fsp3) is 0.200. The summed E-state index contributed by atoms with van der Waals surface area (Å²) in [6.45, 7) is 7.99. The van der Waals surface area contributed by atoms with Gasteiger partial charge in [0, 0.05) is 40.5 Å². The Hall–Kier alpha value is -3.71. The Morgan fingerprint density at radius 1 is 1.15 bits per heavy atom. The summed E-state index contributed by atoms with van der Waals surface area (Å²) in [4.78, 5) is 30.5. The average Bonchev–Trinajstić information content (AvgIpc) is 3.26. The van der Waals surface area contributed by atoms with Gasteiger partial charge in [0.15, 0.2) is 5.82 Å². The van der Waals surface area contributed by atoms with E-state index in [-0.39, 0.29) is 24.3 Å². The van der Waals surface area contributed by atoms with Crippen molar-refractivity contribution in [2.24, 2.45) is 0 Å². The fourth-order valence-corrected chi connectivity index (χ4v) is 3.92. The monoisotopic (exact) mass is 461 g/mol. The summed E-state index contributed by atoms with van der Waals surface area (Å²) >= 11 is 6.14. The van der Waals surface area contributed by atoms with Crippen molar-refractivity contribution in [2.45, 2.75) is 33.2 Å². The smallest absolute Gasteiger partial charge is 0.279 e. The van der Waals surface area contributed by atoms with Gasteiger partial charge in [-0.15, -0.1) is 11.7 Å². The van der Waals surface area contributed by atoms with Gasteiger partial charge in [-0.2, -0.15) is 9.50 Å². The number of rotatable bonds is 7. The number of aromatic nitrogens is 4. The van der Waals surface area contributed by atoms with Crippen LogP contribution in [-0.4, -0.2) is 25.1 Å². The van der Waals surface area contributed by atoms with E-state index < -0.39 is 0 Å². The Morgan fingerprint density at radius 2 is 1.91 bits per heavy atom. The lowest BCUT2D eigenvalue weighted by atomic mass is 10.1. The molecule has 33 heavy (non-hydrogen) atoms. The van der Waals surface area contributed by atoms with E-state index in [0.717, 1.165) is 16.8 Å². The van der Waals surface area contributed by atoms with Gasteiger partial charge in [-0.05, 0) is 38.0 Å². The van der Waals surface area contributed by atoms with E-state index in [9.17, 15) is 9.59 Å². The zero-order valence-corrected chi connectivity index (χ0v) is 19.3. The van der Waals surface area contributed by atoms with Gasteiger partial charge in [0.1, 0.15) is 0 Å². The minimum atomic E-state index is -0.274. The molecule has 0 aliphatic rings. The topological polar surface area (TPSA) is 81.3 Å². The number of benzene rings is 2.